The molecule has 1 unspecified atom stereocenters. The number of amides is 2. The van der Waals surface area contributed by atoms with Crippen LogP contribution >= 0.6 is 11.3 Å². The Hall–Kier alpha value is -3.99. The molecule has 9 nitrogen and oxygen atoms in total. The Labute approximate surface area is 262 Å². The third kappa shape index (κ3) is 6.88. The summed E-state index contributed by atoms with van der Waals surface area (Å²) in [5.41, 5.74) is 15.2. The fraction of sp³-hybridized carbons (Fsp3) is 0.382. The molecule has 5 rings (SSSR count). The fourth-order valence-electron chi connectivity index (χ4n) is 5.84. The van der Waals surface area contributed by atoms with Crippen LogP contribution in [-0.2, 0) is 12.0 Å². The van der Waals surface area contributed by atoms with Gasteiger partial charge in [-0.25, -0.2) is 4.98 Å². The molecule has 10 heteroatoms. The van der Waals surface area contributed by atoms with Gasteiger partial charge in [0.25, 0.3) is 11.8 Å². The molecule has 2 aromatic heterocycles. The number of piperidine rings is 1. The Balaban J connectivity index is 1.15. The molecule has 232 valence electrons. The predicted octanol–water partition coefficient (Wildman–Crippen LogP) is 4.89. The van der Waals surface area contributed by atoms with Gasteiger partial charge in [-0.2, -0.15) is 0 Å². The van der Waals surface area contributed by atoms with Crippen molar-refractivity contribution in [2.75, 3.05) is 30.3 Å². The number of nitrogens with two attached hydrogens (primary N) is 2. The first-order valence-electron chi connectivity index (χ1n) is 15.2. The number of hydrogen-bond acceptors (Lipinski definition) is 8. The van der Waals surface area contributed by atoms with E-state index in [-0.39, 0.29) is 11.9 Å². The van der Waals surface area contributed by atoms with Crippen molar-refractivity contribution in [3.8, 4) is 0 Å². The van der Waals surface area contributed by atoms with Crippen LogP contribution in [0.1, 0.15) is 82.9 Å². The van der Waals surface area contributed by atoms with Crippen LogP contribution in [0.15, 0.2) is 60.7 Å². The summed E-state index contributed by atoms with van der Waals surface area (Å²) < 4.78 is 0. The van der Waals surface area contributed by atoms with Crippen LogP contribution in [0.3, 0.4) is 0 Å². The highest BCUT2D eigenvalue weighted by Gasteiger charge is 2.25. The van der Waals surface area contributed by atoms with Gasteiger partial charge in [-0.05, 0) is 68.0 Å². The molecule has 0 aliphatic carbocycles. The van der Waals surface area contributed by atoms with Gasteiger partial charge in [0.2, 0.25) is 0 Å². The van der Waals surface area contributed by atoms with Crippen molar-refractivity contribution in [3.63, 3.8) is 0 Å². The average Bonchev–Trinajstić information content (AvgIpc) is 3.37. The van der Waals surface area contributed by atoms with E-state index in [1.165, 1.54) is 11.3 Å². The number of thiophene rings is 1. The Morgan fingerprint density at radius 3 is 2.43 bits per heavy atom. The molecule has 1 aliphatic rings. The summed E-state index contributed by atoms with van der Waals surface area (Å²) in [4.78, 5) is 33.1. The number of carbonyl (C=O) groups is 2. The van der Waals surface area contributed by atoms with Crippen LogP contribution in [0.4, 0.5) is 11.5 Å². The third-order valence-electron chi connectivity index (χ3n) is 8.41. The molecule has 1 atom stereocenters. The molecule has 1 saturated heterocycles. The Kier molecular flexibility index (Phi) is 9.53. The van der Waals surface area contributed by atoms with E-state index in [1.807, 2.05) is 56.3 Å². The molecule has 4 aromatic rings. The monoisotopic (exact) mass is 614 g/mol. The van der Waals surface area contributed by atoms with Crippen LogP contribution in [-0.4, -0.2) is 47.6 Å². The van der Waals surface area contributed by atoms with Crippen molar-refractivity contribution in [3.05, 3.63) is 87.8 Å². The van der Waals surface area contributed by atoms with Gasteiger partial charge in [-0.3, -0.25) is 9.59 Å². The lowest BCUT2D eigenvalue weighted by molar-refractivity contribution is 0.0911. The molecule has 1 fully saturated rings. The summed E-state index contributed by atoms with van der Waals surface area (Å²) in [6.07, 6.45) is 2.93. The van der Waals surface area contributed by atoms with Crippen LogP contribution in [0.2, 0.25) is 0 Å². The van der Waals surface area contributed by atoms with Crippen molar-refractivity contribution in [1.29, 1.82) is 0 Å². The summed E-state index contributed by atoms with van der Waals surface area (Å²) in [7, 11) is 0. The number of hydrogen-bond donors (Lipinski definition) is 5. The number of fused-ring (bicyclic) bond motifs is 1. The molecule has 7 N–H and O–H groups in total. The topological polar surface area (TPSA) is 147 Å². The van der Waals surface area contributed by atoms with Gasteiger partial charge in [-0.15, -0.1) is 11.3 Å². The van der Waals surface area contributed by atoms with Crippen LogP contribution in [0.5, 0.6) is 0 Å². The molecular weight excluding hydrogens is 572 g/mol. The smallest absolute Gasteiger partial charge is 0.260 e. The van der Waals surface area contributed by atoms with Gasteiger partial charge in [0.05, 0.1) is 17.3 Å². The van der Waals surface area contributed by atoms with Gasteiger partial charge in [-0.1, -0.05) is 55.8 Å². The molecule has 44 heavy (non-hydrogen) atoms. The number of benzene rings is 2. The van der Waals surface area contributed by atoms with E-state index in [0.29, 0.717) is 22.7 Å². The van der Waals surface area contributed by atoms with E-state index < -0.39 is 17.6 Å². The number of nitrogens with zero attached hydrogens (tertiary/aromatic N) is 2. The van der Waals surface area contributed by atoms with Crippen LogP contribution < -0.4 is 27.0 Å². The molecule has 0 spiro atoms. The second-order valence-corrected chi connectivity index (χ2v) is 13.0. The number of aliphatic hydroxyl groups excluding tert-OH is 1. The van der Waals surface area contributed by atoms with Gasteiger partial charge >= 0.3 is 0 Å². The molecule has 0 saturated carbocycles. The lowest BCUT2D eigenvalue weighted by atomic mass is 9.94. The Bertz CT molecular complexity index is 1610. The average molecular weight is 615 g/mol. The number of pyridine rings is 1. The number of primary amides is 1. The number of aliphatic hydroxyl groups is 1. The van der Waals surface area contributed by atoms with Crippen molar-refractivity contribution in [2.24, 2.45) is 5.73 Å². The van der Waals surface area contributed by atoms with E-state index in [1.54, 1.807) is 12.1 Å². The summed E-state index contributed by atoms with van der Waals surface area (Å²) >= 11 is 1.26. The summed E-state index contributed by atoms with van der Waals surface area (Å²) in [5.74, 6) is 0.219. The standard InChI is InChI=1S/C34H42N6O3S/c1-4-8-23-19-27(38-33-28(23)29(35)30(44-33)31(36)42)40-17-15-25(16-18-40)37-20-26(41)21-11-13-22(14-12-21)32(43)39-34(2,3)24-9-6-5-7-10-24/h5-7,9-14,19,25-26,37,41H,4,8,15-18,20,35H2,1-3H3,(H2,36,42)(H,39,43). The van der Waals surface area contributed by atoms with Crippen molar-refractivity contribution in [2.45, 2.75) is 64.1 Å². The number of aryl methyl sites for hydroxylation is 1. The normalized spacial score (nSPS) is 15.0. The number of anilines is 2. The van der Waals surface area contributed by atoms with Gasteiger partial charge in [0.15, 0.2) is 0 Å². The molecule has 3 heterocycles. The number of nitrogens with one attached hydrogen (secondary N) is 2. The second kappa shape index (κ2) is 13.3. The van der Waals surface area contributed by atoms with E-state index >= 15 is 0 Å². The summed E-state index contributed by atoms with van der Waals surface area (Å²) in [5, 5.41) is 18.3. The minimum absolute atomic E-state index is 0.156. The molecule has 1 aliphatic heterocycles. The highest BCUT2D eigenvalue weighted by Crippen LogP contribution is 2.37. The molecular formula is C34H42N6O3S. The van der Waals surface area contributed by atoms with Gasteiger partial charge in [0.1, 0.15) is 15.5 Å². The zero-order valence-electron chi connectivity index (χ0n) is 25.6. The first-order valence-corrected chi connectivity index (χ1v) is 16.0. The molecule has 0 bridgehead atoms. The van der Waals surface area contributed by atoms with Gasteiger partial charge < -0.3 is 32.1 Å². The minimum atomic E-state index is -0.685. The maximum absolute atomic E-state index is 12.9. The van der Waals surface area contributed by atoms with Crippen molar-refractivity contribution >= 4 is 44.9 Å². The molecule has 2 amide bonds. The zero-order valence-corrected chi connectivity index (χ0v) is 26.4. The Morgan fingerprint density at radius 1 is 1.11 bits per heavy atom. The first kappa shape index (κ1) is 31.4. The SMILES string of the molecule is CCCc1cc(N2CCC(NCC(O)c3ccc(C(=O)NC(C)(C)c4ccccc4)cc3)CC2)nc2sc(C(N)=O)c(N)c12. The Morgan fingerprint density at radius 2 is 1.80 bits per heavy atom. The van der Waals surface area contributed by atoms with Crippen LogP contribution in [0.25, 0.3) is 10.2 Å². The lowest BCUT2D eigenvalue weighted by Gasteiger charge is -2.34. The summed E-state index contributed by atoms with van der Waals surface area (Å²) in [6.45, 7) is 8.15. The second-order valence-electron chi connectivity index (χ2n) is 12.0. The third-order valence-corrected chi connectivity index (χ3v) is 9.52. The number of carbonyl (C=O) groups excluding carboxylic acids is 2. The zero-order chi connectivity index (χ0) is 31.4. The summed E-state index contributed by atoms with van der Waals surface area (Å²) in [6, 6.07) is 19.4. The largest absolute Gasteiger partial charge is 0.397 e. The van der Waals surface area contributed by atoms with E-state index in [4.69, 9.17) is 16.5 Å². The lowest BCUT2D eigenvalue weighted by Crippen LogP contribution is -2.44. The van der Waals surface area contributed by atoms with E-state index in [2.05, 4.69) is 28.5 Å². The van der Waals surface area contributed by atoms with Crippen LogP contribution in [0, 0.1) is 0 Å². The predicted molar refractivity (Wildman–Crippen MR) is 178 cm³/mol. The maximum Gasteiger partial charge on any atom is 0.260 e. The van der Waals surface area contributed by atoms with Crippen molar-refractivity contribution < 1.29 is 14.7 Å². The number of aromatic nitrogens is 1. The molecule has 0 radical (unpaired) electrons. The maximum atomic E-state index is 12.9. The first-order chi connectivity index (χ1) is 21.1. The van der Waals surface area contributed by atoms with Gasteiger partial charge in [0, 0.05) is 36.6 Å². The fourth-order valence-corrected chi connectivity index (χ4v) is 6.83. The van der Waals surface area contributed by atoms with Crippen molar-refractivity contribution in [1.82, 2.24) is 15.6 Å². The molecule has 2 aromatic carbocycles. The van der Waals surface area contributed by atoms with E-state index in [9.17, 15) is 14.7 Å². The minimum Gasteiger partial charge on any atom is -0.397 e. The quantitative estimate of drug-likeness (QED) is 0.162. The highest BCUT2D eigenvalue weighted by molar-refractivity contribution is 7.21. The van der Waals surface area contributed by atoms with E-state index in [0.717, 1.165) is 71.5 Å². The number of rotatable bonds is 11. The highest BCUT2D eigenvalue weighted by atomic mass is 32.1. The number of nitrogen functional groups attached to an aromatic ring is 1.